The highest BCUT2D eigenvalue weighted by Crippen LogP contribution is 2.08. The van der Waals surface area contributed by atoms with Gasteiger partial charge >= 0.3 is 13.1 Å². The summed E-state index contributed by atoms with van der Waals surface area (Å²) in [5, 5.41) is 21.3. The van der Waals surface area contributed by atoms with Crippen LogP contribution in [0.25, 0.3) is 0 Å². The molecular weight excluding hydrogens is 257 g/mol. The van der Waals surface area contributed by atoms with E-state index in [-0.39, 0.29) is 11.5 Å². The lowest BCUT2D eigenvalue weighted by Gasteiger charge is -2.27. The molecule has 0 heterocycles. The topological polar surface area (TPSA) is 78.8 Å². The molecule has 3 N–H and O–H groups in total. The lowest BCUT2D eigenvalue weighted by Crippen LogP contribution is -2.49. The molecule has 0 radical (unpaired) electrons. The van der Waals surface area contributed by atoms with Crippen molar-refractivity contribution in [3.63, 3.8) is 0 Å². The summed E-state index contributed by atoms with van der Waals surface area (Å²) >= 11 is 0. The van der Waals surface area contributed by atoms with Crippen LogP contribution < -0.4 is 10.8 Å². The number of rotatable bonds is 5. The number of ether oxygens (including phenoxy) is 1. The molecule has 0 saturated heterocycles. The van der Waals surface area contributed by atoms with Gasteiger partial charge in [-0.2, -0.15) is 0 Å². The molecule has 6 heteroatoms. The van der Waals surface area contributed by atoms with Crippen molar-refractivity contribution in [3.8, 4) is 0 Å². The third kappa shape index (κ3) is 5.32. The Labute approximate surface area is 120 Å². The molecule has 0 saturated carbocycles. The van der Waals surface area contributed by atoms with Gasteiger partial charge in [0.1, 0.15) is 6.04 Å². The van der Waals surface area contributed by atoms with Crippen LogP contribution in [-0.2, 0) is 16.0 Å². The molecule has 20 heavy (non-hydrogen) atoms. The fourth-order valence-electron chi connectivity index (χ4n) is 1.92. The van der Waals surface area contributed by atoms with E-state index in [0.717, 1.165) is 5.56 Å². The van der Waals surface area contributed by atoms with Crippen molar-refractivity contribution in [2.75, 3.05) is 7.11 Å². The molecule has 1 atom stereocenters. The molecule has 0 aromatic heterocycles. The first-order valence-corrected chi connectivity index (χ1v) is 6.53. The van der Waals surface area contributed by atoms with E-state index in [0.29, 0.717) is 11.9 Å². The molecular formula is C14H22BNO4. The monoisotopic (exact) mass is 279 g/mol. The van der Waals surface area contributed by atoms with Crippen molar-refractivity contribution < 1.29 is 19.6 Å². The summed E-state index contributed by atoms with van der Waals surface area (Å²) in [6.45, 7) is 5.94. The maximum absolute atomic E-state index is 11.8. The Morgan fingerprint density at radius 2 is 1.85 bits per heavy atom. The summed E-state index contributed by atoms with van der Waals surface area (Å²) in [5.74, 6) is -0.314. The van der Waals surface area contributed by atoms with Gasteiger partial charge in [-0.15, -0.1) is 0 Å². The number of methoxy groups -OCH3 is 1. The quantitative estimate of drug-likeness (QED) is 0.515. The number of esters is 1. The zero-order valence-electron chi connectivity index (χ0n) is 12.4. The summed E-state index contributed by atoms with van der Waals surface area (Å²) in [4.78, 5) is 11.8. The second kappa shape index (κ2) is 6.88. The van der Waals surface area contributed by atoms with Gasteiger partial charge in [-0.3, -0.25) is 10.1 Å². The van der Waals surface area contributed by atoms with Crippen LogP contribution in [0.2, 0.25) is 0 Å². The largest absolute Gasteiger partial charge is 0.488 e. The highest BCUT2D eigenvalue weighted by molar-refractivity contribution is 6.58. The number of hydrogen-bond donors (Lipinski definition) is 3. The molecule has 1 aromatic rings. The Bertz CT molecular complexity index is 439. The predicted molar refractivity (Wildman–Crippen MR) is 78.7 cm³/mol. The molecule has 0 aliphatic rings. The van der Waals surface area contributed by atoms with E-state index in [1.54, 1.807) is 24.3 Å². The lowest BCUT2D eigenvalue weighted by molar-refractivity contribution is -0.143. The third-order valence-corrected chi connectivity index (χ3v) is 2.81. The van der Waals surface area contributed by atoms with E-state index < -0.39 is 13.2 Å². The van der Waals surface area contributed by atoms with Crippen LogP contribution in [0.4, 0.5) is 0 Å². The van der Waals surface area contributed by atoms with Crippen molar-refractivity contribution in [1.82, 2.24) is 5.32 Å². The summed E-state index contributed by atoms with van der Waals surface area (Å²) in [5.41, 5.74) is 1.13. The molecule has 0 bridgehead atoms. The smallest absolute Gasteiger partial charge is 0.468 e. The summed E-state index contributed by atoms with van der Waals surface area (Å²) < 4.78 is 4.81. The molecule has 1 unspecified atom stereocenters. The molecule has 1 rings (SSSR count). The van der Waals surface area contributed by atoms with E-state index in [9.17, 15) is 4.79 Å². The Kier molecular flexibility index (Phi) is 5.74. The minimum Gasteiger partial charge on any atom is -0.468 e. The number of benzene rings is 1. The molecule has 1 aromatic carbocycles. The van der Waals surface area contributed by atoms with Crippen LogP contribution in [0.15, 0.2) is 24.3 Å². The standard InChI is InChI=1S/C14H22BNO4/c1-14(2,3)16-12(13(17)20-4)9-10-5-7-11(8-6-10)15(18)19/h5-8,12,16,18-19H,9H2,1-4H3. The zero-order valence-corrected chi connectivity index (χ0v) is 12.4. The van der Waals surface area contributed by atoms with Gasteiger partial charge in [0.15, 0.2) is 0 Å². The van der Waals surface area contributed by atoms with Gasteiger partial charge in [0.2, 0.25) is 0 Å². The van der Waals surface area contributed by atoms with Gasteiger partial charge in [-0.05, 0) is 38.2 Å². The highest BCUT2D eigenvalue weighted by Gasteiger charge is 2.24. The van der Waals surface area contributed by atoms with Crippen LogP contribution in [0.1, 0.15) is 26.3 Å². The van der Waals surface area contributed by atoms with Crippen LogP contribution in [0.5, 0.6) is 0 Å². The first-order chi connectivity index (χ1) is 9.23. The van der Waals surface area contributed by atoms with Crippen LogP contribution >= 0.6 is 0 Å². The SMILES string of the molecule is COC(=O)C(Cc1ccc(B(O)O)cc1)NC(C)(C)C. The predicted octanol–water partition coefficient (Wildman–Crippen LogP) is -0.161. The molecule has 0 aliphatic carbocycles. The van der Waals surface area contributed by atoms with Gasteiger partial charge in [0.05, 0.1) is 7.11 Å². The van der Waals surface area contributed by atoms with Gasteiger partial charge in [-0.25, -0.2) is 0 Å². The minimum absolute atomic E-state index is 0.208. The second-order valence-electron chi connectivity index (χ2n) is 5.79. The zero-order chi connectivity index (χ0) is 15.3. The van der Waals surface area contributed by atoms with E-state index in [1.165, 1.54) is 7.11 Å². The van der Waals surface area contributed by atoms with Gasteiger partial charge in [0.25, 0.3) is 0 Å². The van der Waals surface area contributed by atoms with Crippen molar-refractivity contribution in [2.24, 2.45) is 0 Å². The van der Waals surface area contributed by atoms with Crippen LogP contribution in [-0.4, -0.2) is 41.8 Å². The van der Waals surface area contributed by atoms with Crippen molar-refractivity contribution >= 4 is 18.6 Å². The average molecular weight is 279 g/mol. The Morgan fingerprint density at radius 1 is 1.30 bits per heavy atom. The summed E-state index contributed by atoms with van der Waals surface area (Å²) in [7, 11) is -0.113. The first-order valence-electron chi connectivity index (χ1n) is 6.53. The number of hydrogen-bond acceptors (Lipinski definition) is 5. The van der Waals surface area contributed by atoms with E-state index in [1.807, 2.05) is 20.8 Å². The maximum atomic E-state index is 11.8. The van der Waals surface area contributed by atoms with Crippen LogP contribution in [0.3, 0.4) is 0 Å². The maximum Gasteiger partial charge on any atom is 0.488 e. The van der Waals surface area contributed by atoms with Crippen molar-refractivity contribution in [3.05, 3.63) is 29.8 Å². The van der Waals surface area contributed by atoms with Gasteiger partial charge < -0.3 is 14.8 Å². The molecule has 0 fully saturated rings. The van der Waals surface area contributed by atoms with Crippen molar-refractivity contribution in [2.45, 2.75) is 38.8 Å². The Hall–Kier alpha value is -1.37. The Balaban J connectivity index is 2.81. The molecule has 110 valence electrons. The summed E-state index contributed by atoms with van der Waals surface area (Å²) in [6.07, 6.45) is 0.478. The first kappa shape index (κ1) is 16.7. The normalized spacial score (nSPS) is 12.9. The molecule has 0 aliphatic heterocycles. The lowest BCUT2D eigenvalue weighted by atomic mass is 9.80. The van der Waals surface area contributed by atoms with E-state index >= 15 is 0 Å². The van der Waals surface area contributed by atoms with Crippen LogP contribution in [0, 0.1) is 0 Å². The number of carbonyl (C=O) groups is 1. The Morgan fingerprint density at radius 3 is 2.25 bits per heavy atom. The highest BCUT2D eigenvalue weighted by atomic mass is 16.5. The van der Waals surface area contributed by atoms with E-state index in [2.05, 4.69) is 5.32 Å². The van der Waals surface area contributed by atoms with Gasteiger partial charge in [0, 0.05) is 5.54 Å². The number of carbonyl (C=O) groups excluding carboxylic acids is 1. The minimum atomic E-state index is -1.48. The fraction of sp³-hybridized carbons (Fsp3) is 0.500. The van der Waals surface area contributed by atoms with Gasteiger partial charge in [-0.1, -0.05) is 24.3 Å². The second-order valence-corrected chi connectivity index (χ2v) is 5.79. The summed E-state index contributed by atoms with van der Waals surface area (Å²) in [6, 6.07) is 6.37. The van der Waals surface area contributed by atoms with E-state index in [4.69, 9.17) is 14.8 Å². The fourth-order valence-corrected chi connectivity index (χ4v) is 1.92. The molecule has 5 nitrogen and oxygen atoms in total. The molecule has 0 amide bonds. The van der Waals surface area contributed by atoms with Crippen molar-refractivity contribution in [1.29, 1.82) is 0 Å². The molecule has 0 spiro atoms. The third-order valence-electron chi connectivity index (χ3n) is 2.81. The average Bonchev–Trinajstić information content (AvgIpc) is 2.36. The number of nitrogens with one attached hydrogen (secondary N) is 1.